The van der Waals surface area contributed by atoms with Gasteiger partial charge in [-0.15, -0.1) is 0 Å². The molecule has 0 spiro atoms. The van der Waals surface area contributed by atoms with E-state index in [9.17, 15) is 14.4 Å². The lowest BCUT2D eigenvalue weighted by Crippen LogP contribution is -2.46. The summed E-state index contributed by atoms with van der Waals surface area (Å²) in [4.78, 5) is 38.8. The Hall–Kier alpha value is -3.39. The fraction of sp³-hybridized carbons (Fsp3) is 0.286. The molecule has 1 unspecified atom stereocenters. The Bertz CT molecular complexity index is 1130. The number of para-hydroxylation sites is 2. The van der Waals surface area contributed by atoms with Crippen LogP contribution in [0.15, 0.2) is 53.3 Å². The maximum Gasteiger partial charge on any atom is 0.335 e. The zero-order valence-electron chi connectivity index (χ0n) is 15.9. The van der Waals surface area contributed by atoms with Gasteiger partial charge >= 0.3 is 11.7 Å². The van der Waals surface area contributed by atoms with Crippen LogP contribution in [0.5, 0.6) is 0 Å². The highest BCUT2D eigenvalue weighted by atomic mass is 16.5. The Morgan fingerprint density at radius 3 is 2.45 bits per heavy atom. The van der Waals surface area contributed by atoms with Crippen LogP contribution in [0.25, 0.3) is 16.7 Å². The molecule has 2 aromatic carbocycles. The maximum atomic E-state index is 13.2. The van der Waals surface area contributed by atoms with E-state index in [-0.39, 0.29) is 29.8 Å². The van der Waals surface area contributed by atoms with Crippen molar-refractivity contribution < 1.29 is 19.4 Å². The number of carboxylic acids is 1. The molecule has 1 fully saturated rings. The van der Waals surface area contributed by atoms with E-state index >= 15 is 0 Å². The number of rotatable bonds is 4. The zero-order chi connectivity index (χ0) is 20.5. The minimum absolute atomic E-state index is 0.0292. The van der Waals surface area contributed by atoms with Crippen LogP contribution in [0.2, 0.25) is 0 Å². The van der Waals surface area contributed by atoms with Crippen LogP contribution < -0.4 is 5.69 Å². The zero-order valence-corrected chi connectivity index (χ0v) is 15.9. The Morgan fingerprint density at radius 1 is 1.10 bits per heavy atom. The number of carbonyl (C=O) groups is 2. The Kier molecular flexibility index (Phi) is 4.94. The van der Waals surface area contributed by atoms with E-state index in [1.165, 1.54) is 21.3 Å². The third-order valence-electron chi connectivity index (χ3n) is 5.10. The number of hydrogen-bond acceptors (Lipinski definition) is 4. The van der Waals surface area contributed by atoms with Gasteiger partial charge in [-0.3, -0.25) is 13.9 Å². The SMILES string of the molecule is CC1CN(C(=O)Cn2c(=O)n(-c3ccc(C(=O)O)cc3)c3ccccc32)CCO1. The molecule has 0 bridgehead atoms. The second-order valence-electron chi connectivity index (χ2n) is 7.07. The van der Waals surface area contributed by atoms with Crippen LogP contribution in [0.1, 0.15) is 17.3 Å². The largest absolute Gasteiger partial charge is 0.478 e. The van der Waals surface area contributed by atoms with Crippen LogP contribution >= 0.6 is 0 Å². The molecule has 0 saturated carbocycles. The molecule has 8 heteroatoms. The lowest BCUT2D eigenvalue weighted by molar-refractivity contribution is -0.138. The van der Waals surface area contributed by atoms with Gasteiger partial charge < -0.3 is 14.7 Å². The number of nitrogens with zero attached hydrogens (tertiary/aromatic N) is 3. The van der Waals surface area contributed by atoms with Crippen LogP contribution in [0.3, 0.4) is 0 Å². The highest BCUT2D eigenvalue weighted by molar-refractivity contribution is 5.88. The molecule has 1 aromatic heterocycles. The molecule has 1 aliphatic heterocycles. The lowest BCUT2D eigenvalue weighted by Gasteiger charge is -2.31. The number of carboxylic acid groups (broad SMARTS) is 1. The van der Waals surface area contributed by atoms with Crippen molar-refractivity contribution in [2.75, 3.05) is 19.7 Å². The average Bonchev–Trinajstić information content (AvgIpc) is 2.99. The number of benzene rings is 2. The number of fused-ring (bicyclic) bond motifs is 1. The van der Waals surface area contributed by atoms with E-state index in [1.54, 1.807) is 29.2 Å². The number of imidazole rings is 1. The number of amides is 1. The predicted molar refractivity (Wildman–Crippen MR) is 106 cm³/mol. The second kappa shape index (κ2) is 7.56. The van der Waals surface area contributed by atoms with Crippen molar-refractivity contribution in [3.8, 4) is 5.69 Å². The average molecular weight is 395 g/mol. The fourth-order valence-corrected chi connectivity index (χ4v) is 3.64. The van der Waals surface area contributed by atoms with Gasteiger partial charge in [0.05, 0.1) is 35.0 Å². The van der Waals surface area contributed by atoms with Crippen molar-refractivity contribution in [1.29, 1.82) is 0 Å². The van der Waals surface area contributed by atoms with Crippen molar-refractivity contribution in [2.24, 2.45) is 0 Å². The van der Waals surface area contributed by atoms with E-state index in [1.807, 2.05) is 19.1 Å². The van der Waals surface area contributed by atoms with E-state index < -0.39 is 5.97 Å². The molecule has 29 heavy (non-hydrogen) atoms. The molecule has 1 saturated heterocycles. The topological polar surface area (TPSA) is 93.8 Å². The number of carbonyl (C=O) groups excluding carboxylic acids is 1. The predicted octanol–water partition coefficient (Wildman–Crippen LogP) is 1.74. The molecule has 3 aromatic rings. The van der Waals surface area contributed by atoms with Crippen molar-refractivity contribution >= 4 is 22.9 Å². The molecule has 2 heterocycles. The minimum atomic E-state index is -1.03. The van der Waals surface area contributed by atoms with Crippen LogP contribution in [0, 0.1) is 0 Å². The molecule has 4 rings (SSSR count). The summed E-state index contributed by atoms with van der Waals surface area (Å²) in [5.74, 6) is -1.16. The first-order valence-corrected chi connectivity index (χ1v) is 9.39. The first-order valence-electron chi connectivity index (χ1n) is 9.39. The van der Waals surface area contributed by atoms with E-state index in [4.69, 9.17) is 9.84 Å². The Morgan fingerprint density at radius 2 is 1.79 bits per heavy atom. The van der Waals surface area contributed by atoms with Crippen molar-refractivity contribution in [1.82, 2.24) is 14.0 Å². The van der Waals surface area contributed by atoms with E-state index in [2.05, 4.69) is 0 Å². The van der Waals surface area contributed by atoms with Crippen molar-refractivity contribution in [3.63, 3.8) is 0 Å². The second-order valence-corrected chi connectivity index (χ2v) is 7.07. The van der Waals surface area contributed by atoms with Gasteiger partial charge in [0, 0.05) is 13.1 Å². The summed E-state index contributed by atoms with van der Waals surface area (Å²) in [7, 11) is 0. The molecular formula is C21H21N3O5. The molecule has 0 aliphatic carbocycles. The number of morpholine rings is 1. The number of ether oxygens (including phenoxy) is 1. The quantitative estimate of drug-likeness (QED) is 0.726. The molecule has 0 radical (unpaired) electrons. The van der Waals surface area contributed by atoms with E-state index in [0.717, 1.165) is 0 Å². The van der Waals surface area contributed by atoms with Crippen molar-refractivity contribution in [2.45, 2.75) is 19.6 Å². The summed E-state index contributed by atoms with van der Waals surface area (Å²) in [6, 6.07) is 13.3. The Labute approximate surface area is 166 Å². The monoisotopic (exact) mass is 395 g/mol. The number of aromatic nitrogens is 2. The first kappa shape index (κ1) is 18.9. The van der Waals surface area contributed by atoms with Crippen LogP contribution in [-0.2, 0) is 16.1 Å². The number of aromatic carboxylic acids is 1. The molecule has 1 N–H and O–H groups in total. The summed E-state index contributed by atoms with van der Waals surface area (Å²) >= 11 is 0. The summed E-state index contributed by atoms with van der Waals surface area (Å²) < 4.78 is 8.44. The summed E-state index contributed by atoms with van der Waals surface area (Å²) in [5.41, 5.74) is 1.65. The van der Waals surface area contributed by atoms with Gasteiger partial charge in [-0.25, -0.2) is 9.59 Å². The first-order chi connectivity index (χ1) is 14.0. The fourth-order valence-electron chi connectivity index (χ4n) is 3.64. The van der Waals surface area contributed by atoms with E-state index in [0.29, 0.717) is 36.4 Å². The number of hydrogen-bond donors (Lipinski definition) is 1. The van der Waals surface area contributed by atoms with Gasteiger partial charge in [0.25, 0.3) is 0 Å². The highest BCUT2D eigenvalue weighted by Crippen LogP contribution is 2.18. The standard InChI is InChI=1S/C21H21N3O5/c1-14-12-22(10-11-29-14)19(25)13-23-17-4-2-3-5-18(17)24(21(23)28)16-8-6-15(7-9-16)20(26)27/h2-9,14H,10-13H2,1H3,(H,26,27). The third-order valence-corrected chi connectivity index (χ3v) is 5.10. The van der Waals surface area contributed by atoms with Crippen LogP contribution in [-0.4, -0.2) is 56.8 Å². The van der Waals surface area contributed by atoms with Gasteiger partial charge in [-0.2, -0.15) is 0 Å². The minimum Gasteiger partial charge on any atom is -0.478 e. The normalized spacial score (nSPS) is 16.9. The molecule has 1 aliphatic rings. The van der Waals surface area contributed by atoms with Gasteiger partial charge in [0.2, 0.25) is 5.91 Å². The third kappa shape index (κ3) is 3.54. The molecule has 8 nitrogen and oxygen atoms in total. The van der Waals surface area contributed by atoms with Gasteiger partial charge in [0.1, 0.15) is 6.54 Å². The lowest BCUT2D eigenvalue weighted by atomic mass is 10.2. The maximum absolute atomic E-state index is 13.2. The molecule has 150 valence electrons. The highest BCUT2D eigenvalue weighted by Gasteiger charge is 2.24. The Balaban J connectivity index is 1.74. The molecule has 1 amide bonds. The summed E-state index contributed by atoms with van der Waals surface area (Å²) in [6.45, 7) is 3.35. The molecular weight excluding hydrogens is 374 g/mol. The van der Waals surface area contributed by atoms with Crippen LogP contribution in [0.4, 0.5) is 0 Å². The van der Waals surface area contributed by atoms with Gasteiger partial charge in [-0.1, -0.05) is 12.1 Å². The van der Waals surface area contributed by atoms with Crippen molar-refractivity contribution in [3.05, 3.63) is 64.6 Å². The smallest absolute Gasteiger partial charge is 0.335 e. The molecule has 1 atom stereocenters. The van der Waals surface area contributed by atoms with Gasteiger partial charge in [0.15, 0.2) is 0 Å². The summed E-state index contributed by atoms with van der Waals surface area (Å²) in [5, 5.41) is 9.09. The summed E-state index contributed by atoms with van der Waals surface area (Å²) in [6.07, 6.45) is -0.0292. The van der Waals surface area contributed by atoms with Gasteiger partial charge in [-0.05, 0) is 43.3 Å².